The number of furan rings is 1. The quantitative estimate of drug-likeness (QED) is 0.183. The van der Waals surface area contributed by atoms with Crippen molar-refractivity contribution in [3.8, 4) is 33.4 Å². The molecule has 10 aromatic rings. The molecule has 10 rings (SSSR count). The minimum atomic E-state index is -0.379. The van der Waals surface area contributed by atoms with E-state index in [-0.39, 0.29) is 47.0 Å². The normalized spacial score (nSPS) is 13.6. The first-order chi connectivity index (χ1) is 25.8. The first-order valence-electron chi connectivity index (χ1n) is 18.7. The van der Waals surface area contributed by atoms with E-state index in [1.165, 1.54) is 0 Å². The molecule has 1 heterocycles. The minimum Gasteiger partial charge on any atom is -0.456 e. The van der Waals surface area contributed by atoms with Crippen LogP contribution in [0.3, 0.4) is 0 Å². The van der Waals surface area contributed by atoms with E-state index >= 15 is 0 Å². The van der Waals surface area contributed by atoms with Gasteiger partial charge in [-0.2, -0.15) is 0 Å². The summed E-state index contributed by atoms with van der Waals surface area (Å²) >= 11 is 0. The molecule has 0 atom stereocenters. The molecule has 0 bridgehead atoms. The summed E-state index contributed by atoms with van der Waals surface area (Å²) in [7, 11) is 0. The van der Waals surface area contributed by atoms with Gasteiger partial charge >= 0.3 is 0 Å². The molecule has 0 aliphatic carbocycles. The summed E-state index contributed by atoms with van der Waals surface area (Å²) in [5.41, 5.74) is 5.47. The number of hydrogen-bond donors (Lipinski definition) is 0. The molecule has 1 nitrogen and oxygen atoms in total. The third kappa shape index (κ3) is 3.90. The maximum atomic E-state index is 9.66. The molecule has 1 aromatic heterocycles. The van der Waals surface area contributed by atoms with Crippen LogP contribution in [0.5, 0.6) is 0 Å². The van der Waals surface area contributed by atoms with Crippen LogP contribution < -0.4 is 0 Å². The molecule has 0 amide bonds. The predicted molar refractivity (Wildman–Crippen MR) is 200 cm³/mol. The second-order valence-corrected chi connectivity index (χ2v) is 11.9. The highest BCUT2D eigenvalue weighted by atomic mass is 16.3. The van der Waals surface area contributed by atoms with Gasteiger partial charge in [0.05, 0.1) is 8.22 Å². The molecule has 0 spiro atoms. The van der Waals surface area contributed by atoms with Crippen molar-refractivity contribution < 1.29 is 12.6 Å². The molecule has 0 radical (unpaired) electrons. The Morgan fingerprint density at radius 2 is 0.936 bits per heavy atom. The number of fused-ring (bicyclic) bond motifs is 7. The lowest BCUT2D eigenvalue weighted by Crippen LogP contribution is -1.92. The Morgan fingerprint density at radius 1 is 0.383 bits per heavy atom. The zero-order chi connectivity index (χ0) is 36.1. The third-order valence-corrected chi connectivity index (χ3v) is 9.38. The fraction of sp³-hybridized carbons (Fsp3) is 0. The van der Waals surface area contributed by atoms with Crippen molar-refractivity contribution >= 4 is 65.0 Å². The lowest BCUT2D eigenvalue weighted by atomic mass is 9.83. The highest BCUT2D eigenvalue weighted by Crippen LogP contribution is 2.48. The van der Waals surface area contributed by atoms with Crippen molar-refractivity contribution in [2.75, 3.05) is 0 Å². The van der Waals surface area contributed by atoms with Gasteiger partial charge in [0.2, 0.25) is 0 Å². The molecule has 1 heteroatoms. The lowest BCUT2D eigenvalue weighted by molar-refractivity contribution is 0.669. The van der Waals surface area contributed by atoms with Crippen molar-refractivity contribution in [2.45, 2.75) is 0 Å². The second-order valence-electron chi connectivity index (χ2n) is 11.9. The zero-order valence-corrected chi connectivity index (χ0v) is 25.1. The standard InChI is InChI=1S/C46H28O/c1-2-13-29(14-3-1)32-25-26-39(34-18-7-6-17-33(32)34)44-35-19-8-10-21-37(35)45(38-22-11-9-20-36(38)44)40-23-12-24-42-46(40)41-27-30-15-4-5-16-31(30)28-43(41)47-42/h1-28H/i6D,7D,17D,18D,25D,26D. The fourth-order valence-electron chi connectivity index (χ4n) is 7.35. The average molecular weight is 603 g/mol. The van der Waals surface area contributed by atoms with E-state index in [1.54, 1.807) is 0 Å². The van der Waals surface area contributed by atoms with Gasteiger partial charge in [0.15, 0.2) is 0 Å². The Morgan fingerprint density at radius 3 is 1.62 bits per heavy atom. The van der Waals surface area contributed by atoms with Crippen LogP contribution in [0.2, 0.25) is 0 Å². The molecule has 47 heavy (non-hydrogen) atoms. The van der Waals surface area contributed by atoms with E-state index in [1.807, 2.05) is 91.0 Å². The van der Waals surface area contributed by atoms with Crippen molar-refractivity contribution in [3.05, 3.63) is 170 Å². The van der Waals surface area contributed by atoms with Crippen LogP contribution in [0.25, 0.3) is 98.4 Å². The molecule has 0 aliphatic heterocycles. The van der Waals surface area contributed by atoms with Crippen LogP contribution in [-0.2, 0) is 0 Å². The summed E-state index contributed by atoms with van der Waals surface area (Å²) in [5.74, 6) is 0. The van der Waals surface area contributed by atoms with Crippen molar-refractivity contribution in [2.24, 2.45) is 0 Å². The van der Waals surface area contributed by atoms with E-state index in [9.17, 15) is 4.11 Å². The van der Waals surface area contributed by atoms with Crippen molar-refractivity contribution in [1.29, 1.82) is 0 Å². The molecule has 0 unspecified atom stereocenters. The SMILES string of the molecule is [2H]c1c([2H])c([2H])c2c(-c3c4ccccc4c(-c4cccc5oc6cc7ccccc7cc6c45)c4ccccc34)c([2H])c([2H])c(-c3ccccc3)c2c1[2H]. The van der Waals surface area contributed by atoms with E-state index in [4.69, 9.17) is 8.53 Å². The van der Waals surface area contributed by atoms with E-state index < -0.39 is 0 Å². The highest BCUT2D eigenvalue weighted by molar-refractivity contribution is 6.27. The van der Waals surface area contributed by atoms with Crippen LogP contribution in [0.1, 0.15) is 8.22 Å². The van der Waals surface area contributed by atoms with Gasteiger partial charge in [0.25, 0.3) is 0 Å². The minimum absolute atomic E-state index is 0.0946. The van der Waals surface area contributed by atoms with Gasteiger partial charge < -0.3 is 4.42 Å². The van der Waals surface area contributed by atoms with Crippen LogP contribution in [0.15, 0.2) is 174 Å². The third-order valence-electron chi connectivity index (χ3n) is 9.38. The Bertz CT molecular complexity index is 3130. The van der Waals surface area contributed by atoms with Gasteiger partial charge in [-0.1, -0.05) is 152 Å². The summed E-state index contributed by atoms with van der Waals surface area (Å²) < 4.78 is 61.5. The molecule has 218 valence electrons. The molecule has 0 saturated heterocycles. The Kier molecular flexibility index (Phi) is 4.49. The lowest BCUT2D eigenvalue weighted by Gasteiger charge is -2.20. The van der Waals surface area contributed by atoms with Gasteiger partial charge in [-0.3, -0.25) is 0 Å². The van der Waals surface area contributed by atoms with Gasteiger partial charge in [-0.05, 0) is 94.7 Å². The van der Waals surface area contributed by atoms with Crippen molar-refractivity contribution in [1.82, 2.24) is 0 Å². The number of benzene rings is 9. The summed E-state index contributed by atoms with van der Waals surface area (Å²) in [4.78, 5) is 0. The molecule has 9 aromatic carbocycles. The van der Waals surface area contributed by atoms with E-state index in [2.05, 4.69) is 42.5 Å². The molecular formula is C46H28O. The predicted octanol–water partition coefficient (Wildman–Crippen LogP) is 13.2. The van der Waals surface area contributed by atoms with Gasteiger partial charge in [0, 0.05) is 10.8 Å². The summed E-state index contributed by atoms with van der Waals surface area (Å²) in [6, 6.07) is 42.4. The topological polar surface area (TPSA) is 13.1 Å². The second kappa shape index (κ2) is 10.2. The largest absolute Gasteiger partial charge is 0.456 e. The Balaban J connectivity index is 1.39. The fourth-order valence-corrected chi connectivity index (χ4v) is 7.35. The van der Waals surface area contributed by atoms with Gasteiger partial charge in [0.1, 0.15) is 11.2 Å². The first kappa shape index (κ1) is 20.8. The number of rotatable bonds is 3. The monoisotopic (exact) mass is 602 g/mol. The molecule has 0 N–H and O–H groups in total. The summed E-state index contributed by atoms with van der Waals surface area (Å²) in [5, 5.41) is 8.14. The molecule has 0 saturated carbocycles. The maximum Gasteiger partial charge on any atom is 0.136 e. The van der Waals surface area contributed by atoms with Crippen LogP contribution in [-0.4, -0.2) is 0 Å². The average Bonchev–Trinajstić information content (AvgIpc) is 3.56. The van der Waals surface area contributed by atoms with Crippen LogP contribution in [0, 0.1) is 0 Å². The summed E-state index contributed by atoms with van der Waals surface area (Å²) in [6.45, 7) is 0. The van der Waals surface area contributed by atoms with Gasteiger partial charge in [-0.15, -0.1) is 0 Å². The molecule has 0 fully saturated rings. The maximum absolute atomic E-state index is 9.66. The zero-order valence-electron chi connectivity index (χ0n) is 31.1. The Hall–Kier alpha value is -6.18. The Labute approximate surface area is 280 Å². The highest BCUT2D eigenvalue weighted by Gasteiger charge is 2.21. The van der Waals surface area contributed by atoms with Crippen molar-refractivity contribution in [3.63, 3.8) is 0 Å². The smallest absolute Gasteiger partial charge is 0.136 e. The summed E-state index contributed by atoms with van der Waals surface area (Å²) in [6.07, 6.45) is 0. The molecule has 0 aliphatic rings. The first-order valence-corrected chi connectivity index (χ1v) is 15.7. The van der Waals surface area contributed by atoms with Gasteiger partial charge in [-0.25, -0.2) is 0 Å². The van der Waals surface area contributed by atoms with E-state index in [0.29, 0.717) is 22.3 Å². The number of hydrogen-bond acceptors (Lipinski definition) is 1. The van der Waals surface area contributed by atoms with Crippen LogP contribution >= 0.6 is 0 Å². The molecular weight excluding hydrogens is 569 g/mol. The van der Waals surface area contributed by atoms with E-state index in [0.717, 1.165) is 65.4 Å². The van der Waals surface area contributed by atoms with Crippen LogP contribution in [0.4, 0.5) is 0 Å².